The minimum Gasteiger partial charge on any atom is -0.493 e. The number of carbonyl (C=O) groups is 1. The molecule has 4 rings (SSSR count). The average Bonchev–Trinajstić information content (AvgIpc) is 3.20. The summed E-state index contributed by atoms with van der Waals surface area (Å²) in [4.78, 5) is 24.5. The molecule has 1 unspecified atom stereocenters. The number of benzene rings is 1. The summed E-state index contributed by atoms with van der Waals surface area (Å²) in [6, 6.07) is 5.38. The van der Waals surface area contributed by atoms with Gasteiger partial charge in [0.1, 0.15) is 11.7 Å². The van der Waals surface area contributed by atoms with Crippen LogP contribution in [0.4, 0.5) is 0 Å². The van der Waals surface area contributed by atoms with Crippen molar-refractivity contribution in [1.82, 2.24) is 4.57 Å². The Morgan fingerprint density at radius 2 is 2.14 bits per heavy atom. The van der Waals surface area contributed by atoms with Crippen molar-refractivity contribution in [3.05, 3.63) is 45.7 Å². The zero-order chi connectivity index (χ0) is 19.7. The molecular weight excluding hydrogens is 362 g/mol. The number of rotatable bonds is 5. The Labute approximate surface area is 162 Å². The van der Waals surface area contributed by atoms with E-state index < -0.39 is 5.97 Å². The summed E-state index contributed by atoms with van der Waals surface area (Å²) < 4.78 is 23.9. The summed E-state index contributed by atoms with van der Waals surface area (Å²) in [5.74, 6) is 0.713. The molecule has 7 heteroatoms. The summed E-state index contributed by atoms with van der Waals surface area (Å²) in [5, 5.41) is 0. The van der Waals surface area contributed by atoms with Crippen molar-refractivity contribution in [2.45, 2.75) is 32.4 Å². The van der Waals surface area contributed by atoms with Crippen LogP contribution in [0, 0.1) is 0 Å². The lowest BCUT2D eigenvalue weighted by Gasteiger charge is -2.25. The van der Waals surface area contributed by atoms with Gasteiger partial charge in [-0.25, -0.2) is 4.79 Å². The van der Waals surface area contributed by atoms with E-state index in [4.69, 9.17) is 18.9 Å². The Kier molecular flexibility index (Phi) is 5.09. The highest BCUT2D eigenvalue weighted by Crippen LogP contribution is 2.39. The van der Waals surface area contributed by atoms with Crippen LogP contribution in [0.5, 0.6) is 11.5 Å². The summed E-state index contributed by atoms with van der Waals surface area (Å²) in [5.41, 5.74) is 2.46. The van der Waals surface area contributed by atoms with Gasteiger partial charge in [-0.05, 0) is 31.0 Å². The van der Waals surface area contributed by atoms with Gasteiger partial charge in [-0.15, -0.1) is 0 Å². The smallest absolute Gasteiger partial charge is 0.343 e. The third kappa shape index (κ3) is 3.38. The first kappa shape index (κ1) is 18.6. The number of nitrogens with zero attached hydrogens (tertiary/aromatic N) is 1. The number of aryl methyl sites for hydroxylation is 2. The molecule has 0 N–H and O–H groups in total. The molecule has 1 aromatic heterocycles. The lowest BCUT2D eigenvalue weighted by molar-refractivity contribution is 0.0524. The predicted octanol–water partition coefficient (Wildman–Crippen LogP) is 2.42. The van der Waals surface area contributed by atoms with E-state index in [-0.39, 0.29) is 23.7 Å². The van der Waals surface area contributed by atoms with Crippen molar-refractivity contribution in [3.63, 3.8) is 0 Å². The summed E-state index contributed by atoms with van der Waals surface area (Å²) in [7, 11) is 1.60. The van der Waals surface area contributed by atoms with Crippen LogP contribution in [0.15, 0.2) is 29.2 Å². The number of fused-ring (bicyclic) bond motifs is 3. The quantitative estimate of drug-likeness (QED) is 0.736. The second-order valence-electron chi connectivity index (χ2n) is 6.86. The average molecular weight is 385 g/mol. The van der Waals surface area contributed by atoms with Crippen LogP contribution >= 0.6 is 0 Å². The summed E-state index contributed by atoms with van der Waals surface area (Å²) in [6.07, 6.45) is 3.23. The zero-order valence-electron chi connectivity index (χ0n) is 16.0. The van der Waals surface area contributed by atoms with Crippen molar-refractivity contribution < 1.29 is 23.7 Å². The molecule has 0 amide bonds. The molecule has 2 aromatic rings. The van der Waals surface area contributed by atoms with Gasteiger partial charge >= 0.3 is 5.97 Å². The minimum atomic E-state index is -0.589. The minimum absolute atomic E-state index is 0.0255. The van der Waals surface area contributed by atoms with Gasteiger partial charge in [-0.3, -0.25) is 4.79 Å². The Morgan fingerprint density at radius 3 is 2.86 bits per heavy atom. The van der Waals surface area contributed by atoms with E-state index in [1.165, 1.54) is 6.07 Å². The Morgan fingerprint density at radius 1 is 1.29 bits per heavy atom. The molecular formula is C21H23NO6. The lowest BCUT2D eigenvalue weighted by atomic mass is 9.96. The molecule has 7 nitrogen and oxygen atoms in total. The molecule has 0 bridgehead atoms. The fraction of sp³-hybridized carbons (Fsp3) is 0.429. The van der Waals surface area contributed by atoms with Crippen LogP contribution in [0.25, 0.3) is 11.3 Å². The van der Waals surface area contributed by atoms with Crippen molar-refractivity contribution >= 4 is 5.97 Å². The first-order valence-corrected chi connectivity index (χ1v) is 9.48. The SMILES string of the molecule is CCOC(=O)c1cn2c(cc1=O)-c1cc(OC)c(OC3CCOC3)cc1CC2. The fourth-order valence-electron chi connectivity index (χ4n) is 3.68. The third-order valence-electron chi connectivity index (χ3n) is 5.09. The number of esters is 1. The molecule has 1 atom stereocenters. The van der Waals surface area contributed by atoms with Crippen molar-refractivity contribution in [2.24, 2.45) is 0 Å². The molecule has 0 spiro atoms. The van der Waals surface area contributed by atoms with Gasteiger partial charge in [0, 0.05) is 30.8 Å². The van der Waals surface area contributed by atoms with Gasteiger partial charge in [-0.2, -0.15) is 0 Å². The molecule has 1 fully saturated rings. The van der Waals surface area contributed by atoms with E-state index in [1.54, 1.807) is 20.2 Å². The van der Waals surface area contributed by atoms with E-state index >= 15 is 0 Å². The predicted molar refractivity (Wildman–Crippen MR) is 102 cm³/mol. The summed E-state index contributed by atoms with van der Waals surface area (Å²) >= 11 is 0. The number of ether oxygens (including phenoxy) is 4. The maximum atomic E-state index is 12.5. The second kappa shape index (κ2) is 7.67. The Bertz CT molecular complexity index is 958. The standard InChI is InChI=1S/C21H23NO6/c1-3-27-21(24)16-11-22-6-4-13-8-20(28-14-5-7-26-12-14)19(25-2)9-15(13)17(22)10-18(16)23/h8-11,14H,3-7,12H2,1-2H3. The molecule has 28 heavy (non-hydrogen) atoms. The van der Waals surface area contributed by atoms with Gasteiger partial charge in [0.15, 0.2) is 16.9 Å². The second-order valence-corrected chi connectivity index (χ2v) is 6.86. The van der Waals surface area contributed by atoms with Gasteiger partial charge in [0.05, 0.1) is 32.6 Å². The highest BCUT2D eigenvalue weighted by molar-refractivity contribution is 5.89. The zero-order valence-corrected chi connectivity index (χ0v) is 16.0. The third-order valence-corrected chi connectivity index (χ3v) is 5.09. The van der Waals surface area contributed by atoms with Crippen molar-refractivity contribution in [2.75, 3.05) is 26.9 Å². The largest absolute Gasteiger partial charge is 0.493 e. The topological polar surface area (TPSA) is 76.0 Å². The summed E-state index contributed by atoms with van der Waals surface area (Å²) in [6.45, 7) is 3.89. The highest BCUT2D eigenvalue weighted by atomic mass is 16.6. The Balaban J connectivity index is 1.73. The number of aromatic nitrogens is 1. The highest BCUT2D eigenvalue weighted by Gasteiger charge is 2.24. The number of carbonyl (C=O) groups excluding carboxylic acids is 1. The molecule has 0 saturated carbocycles. The maximum absolute atomic E-state index is 12.5. The Hall–Kier alpha value is -2.80. The maximum Gasteiger partial charge on any atom is 0.343 e. The van der Waals surface area contributed by atoms with E-state index in [0.717, 1.165) is 29.7 Å². The number of pyridine rings is 1. The molecule has 3 heterocycles. The number of hydrogen-bond acceptors (Lipinski definition) is 6. The normalized spacial score (nSPS) is 17.6. The first-order valence-electron chi connectivity index (χ1n) is 9.48. The van der Waals surface area contributed by atoms with Gasteiger partial charge in [0.2, 0.25) is 0 Å². The molecule has 148 valence electrons. The van der Waals surface area contributed by atoms with Crippen LogP contribution in [0.2, 0.25) is 0 Å². The van der Waals surface area contributed by atoms with E-state index in [2.05, 4.69) is 0 Å². The van der Waals surface area contributed by atoms with E-state index in [1.807, 2.05) is 16.7 Å². The van der Waals surface area contributed by atoms with Crippen LogP contribution in [-0.2, 0) is 22.4 Å². The van der Waals surface area contributed by atoms with Gasteiger partial charge in [-0.1, -0.05) is 0 Å². The molecule has 1 saturated heterocycles. The molecule has 0 aliphatic carbocycles. The molecule has 1 aromatic carbocycles. The number of methoxy groups -OCH3 is 1. The van der Waals surface area contributed by atoms with Crippen LogP contribution in [0.1, 0.15) is 29.3 Å². The van der Waals surface area contributed by atoms with Crippen LogP contribution < -0.4 is 14.9 Å². The van der Waals surface area contributed by atoms with Crippen LogP contribution in [0.3, 0.4) is 0 Å². The molecule has 0 radical (unpaired) electrons. The number of hydrogen-bond donors (Lipinski definition) is 0. The molecule has 2 aliphatic rings. The monoisotopic (exact) mass is 385 g/mol. The van der Waals surface area contributed by atoms with Gasteiger partial charge < -0.3 is 23.5 Å². The van der Waals surface area contributed by atoms with Crippen LogP contribution in [-0.4, -0.2) is 43.6 Å². The lowest BCUT2D eigenvalue weighted by Crippen LogP contribution is -2.23. The fourth-order valence-corrected chi connectivity index (χ4v) is 3.68. The van der Waals surface area contributed by atoms with Crippen molar-refractivity contribution in [1.29, 1.82) is 0 Å². The van der Waals surface area contributed by atoms with Crippen molar-refractivity contribution in [3.8, 4) is 22.8 Å². The van der Waals surface area contributed by atoms with E-state index in [9.17, 15) is 9.59 Å². The molecule has 2 aliphatic heterocycles. The first-order chi connectivity index (χ1) is 13.6. The van der Waals surface area contributed by atoms with E-state index in [0.29, 0.717) is 31.3 Å². The van der Waals surface area contributed by atoms with Gasteiger partial charge in [0.25, 0.3) is 0 Å².